The summed E-state index contributed by atoms with van der Waals surface area (Å²) in [6.45, 7) is 4.65. The molecule has 0 spiro atoms. The third-order valence-electron chi connectivity index (χ3n) is 4.79. The monoisotopic (exact) mass is 321 g/mol. The Hall–Kier alpha value is -2.23. The van der Waals surface area contributed by atoms with Crippen LogP contribution in [-0.2, 0) is 4.79 Å². The number of hydrogen-bond acceptors (Lipinski definition) is 4. The van der Waals surface area contributed by atoms with Crippen LogP contribution in [0.2, 0.25) is 0 Å². The standard InChI is InChI=1S/C16H17F2N3O2/c1-8-11-7-21(15(22)16(2,3)14(17)18)12(8)10-6-20-5-9(4-19)13(10)23-11/h5-6,8,11-12,14H,7H2,1-3H3/t8-,11+,12-/m1/s1. The second kappa shape index (κ2) is 5.15. The van der Waals surface area contributed by atoms with E-state index in [2.05, 4.69) is 4.98 Å². The van der Waals surface area contributed by atoms with Gasteiger partial charge in [-0.05, 0) is 13.8 Å². The lowest BCUT2D eigenvalue weighted by molar-refractivity contribution is -0.150. The summed E-state index contributed by atoms with van der Waals surface area (Å²) in [4.78, 5) is 18.1. The number of carbonyl (C=O) groups excluding carboxylic acids is 1. The summed E-state index contributed by atoms with van der Waals surface area (Å²) in [6, 6.07) is 1.63. The fraction of sp³-hybridized carbons (Fsp3) is 0.562. The molecule has 0 saturated carbocycles. The first kappa shape index (κ1) is 15.7. The maximum Gasteiger partial charge on any atom is 0.252 e. The summed E-state index contributed by atoms with van der Waals surface area (Å²) in [7, 11) is 0. The van der Waals surface area contributed by atoms with Crippen LogP contribution >= 0.6 is 0 Å². The van der Waals surface area contributed by atoms with E-state index in [1.807, 2.05) is 13.0 Å². The van der Waals surface area contributed by atoms with Gasteiger partial charge in [0.25, 0.3) is 6.43 Å². The molecule has 1 amide bonds. The van der Waals surface area contributed by atoms with Crippen LogP contribution in [0.1, 0.15) is 37.9 Å². The predicted octanol–water partition coefficient (Wildman–Crippen LogP) is 2.52. The predicted molar refractivity (Wildman–Crippen MR) is 76.8 cm³/mol. The lowest BCUT2D eigenvalue weighted by atomic mass is 9.88. The number of likely N-dealkylation sites (tertiary alicyclic amines) is 1. The Kier molecular flexibility index (Phi) is 3.51. The van der Waals surface area contributed by atoms with Crippen molar-refractivity contribution < 1.29 is 18.3 Å². The number of pyridine rings is 1. The number of fused-ring (bicyclic) bond motifs is 4. The van der Waals surface area contributed by atoms with Crippen molar-refractivity contribution in [2.24, 2.45) is 11.3 Å². The molecule has 3 heterocycles. The Labute approximate surface area is 132 Å². The molecular weight excluding hydrogens is 304 g/mol. The van der Waals surface area contributed by atoms with Gasteiger partial charge in [-0.1, -0.05) is 6.92 Å². The number of amides is 1. The molecular formula is C16H17F2N3O2. The Morgan fingerprint density at radius 1 is 1.52 bits per heavy atom. The van der Waals surface area contributed by atoms with Crippen molar-refractivity contribution in [3.63, 3.8) is 0 Å². The van der Waals surface area contributed by atoms with Crippen LogP contribution in [0.5, 0.6) is 5.75 Å². The molecule has 3 atom stereocenters. The van der Waals surface area contributed by atoms with Crippen molar-refractivity contribution in [2.75, 3.05) is 6.54 Å². The number of ether oxygens (including phenoxy) is 1. The minimum Gasteiger partial charge on any atom is -0.486 e. The highest BCUT2D eigenvalue weighted by Crippen LogP contribution is 2.49. The molecule has 1 fully saturated rings. The molecule has 3 rings (SSSR count). The van der Waals surface area contributed by atoms with E-state index in [4.69, 9.17) is 4.74 Å². The maximum absolute atomic E-state index is 13.2. The summed E-state index contributed by atoms with van der Waals surface area (Å²) >= 11 is 0. The highest BCUT2D eigenvalue weighted by atomic mass is 19.3. The van der Waals surface area contributed by atoms with E-state index in [0.717, 1.165) is 0 Å². The molecule has 2 aliphatic rings. The Bertz CT molecular complexity index is 699. The number of aromatic nitrogens is 1. The molecule has 1 aromatic rings. The number of halogens is 2. The van der Waals surface area contributed by atoms with Crippen LogP contribution < -0.4 is 4.74 Å². The van der Waals surface area contributed by atoms with Gasteiger partial charge < -0.3 is 9.64 Å². The molecule has 7 heteroatoms. The maximum atomic E-state index is 13.2. The van der Waals surface area contributed by atoms with Gasteiger partial charge in [0.15, 0.2) is 0 Å². The SMILES string of the molecule is C[C@@H]1[C@@H]2CN(C(=O)C(C)(C)C(F)F)[C@H]1c1cncc(C#N)c1O2. The number of alkyl halides is 2. The zero-order valence-corrected chi connectivity index (χ0v) is 13.1. The van der Waals surface area contributed by atoms with E-state index in [9.17, 15) is 18.8 Å². The number of nitrogens with zero attached hydrogens (tertiary/aromatic N) is 3. The third-order valence-corrected chi connectivity index (χ3v) is 4.79. The Balaban J connectivity index is 2.04. The quantitative estimate of drug-likeness (QED) is 0.839. The first-order valence-corrected chi connectivity index (χ1v) is 7.43. The number of carbonyl (C=O) groups is 1. The molecule has 0 N–H and O–H groups in total. The average Bonchev–Trinajstić information content (AvgIpc) is 2.73. The Morgan fingerprint density at radius 3 is 2.83 bits per heavy atom. The van der Waals surface area contributed by atoms with Crippen molar-refractivity contribution in [3.05, 3.63) is 23.5 Å². The summed E-state index contributed by atoms with van der Waals surface area (Å²) in [6.07, 6.45) is -0.105. The topological polar surface area (TPSA) is 66.2 Å². The zero-order chi connectivity index (χ0) is 16.9. The van der Waals surface area contributed by atoms with E-state index in [0.29, 0.717) is 16.9 Å². The summed E-state index contributed by atoms with van der Waals surface area (Å²) in [5.74, 6) is -0.234. The molecule has 5 nitrogen and oxygen atoms in total. The van der Waals surface area contributed by atoms with E-state index < -0.39 is 23.8 Å². The average molecular weight is 321 g/mol. The lowest BCUT2D eigenvalue weighted by Crippen LogP contribution is -2.44. The fourth-order valence-corrected chi connectivity index (χ4v) is 3.27. The van der Waals surface area contributed by atoms with Gasteiger partial charge in [-0.25, -0.2) is 8.78 Å². The van der Waals surface area contributed by atoms with Crippen LogP contribution in [-0.4, -0.2) is 34.9 Å². The van der Waals surface area contributed by atoms with E-state index >= 15 is 0 Å². The number of hydrogen-bond donors (Lipinski definition) is 0. The molecule has 2 bridgehead atoms. The molecule has 2 aliphatic heterocycles. The molecule has 1 saturated heterocycles. The van der Waals surface area contributed by atoms with Gasteiger partial charge in [-0.15, -0.1) is 0 Å². The highest BCUT2D eigenvalue weighted by molar-refractivity contribution is 5.83. The van der Waals surface area contributed by atoms with E-state index in [-0.39, 0.29) is 18.6 Å². The molecule has 0 radical (unpaired) electrons. The largest absolute Gasteiger partial charge is 0.486 e. The van der Waals surface area contributed by atoms with Crippen molar-refractivity contribution in [1.29, 1.82) is 5.26 Å². The van der Waals surface area contributed by atoms with Gasteiger partial charge >= 0.3 is 0 Å². The van der Waals surface area contributed by atoms with Crippen molar-refractivity contribution >= 4 is 5.91 Å². The zero-order valence-electron chi connectivity index (χ0n) is 13.1. The number of rotatable bonds is 2. The Morgan fingerprint density at radius 2 is 2.22 bits per heavy atom. The second-order valence-corrected chi connectivity index (χ2v) is 6.66. The van der Waals surface area contributed by atoms with Crippen LogP contribution in [0.3, 0.4) is 0 Å². The van der Waals surface area contributed by atoms with Crippen molar-refractivity contribution in [3.8, 4) is 11.8 Å². The normalized spacial score (nSPS) is 25.8. The van der Waals surface area contributed by atoms with Crippen LogP contribution in [0.4, 0.5) is 8.78 Å². The summed E-state index contributed by atoms with van der Waals surface area (Å²) in [5.41, 5.74) is -0.854. The fourth-order valence-electron chi connectivity index (χ4n) is 3.27. The highest BCUT2D eigenvalue weighted by Gasteiger charge is 2.52. The van der Waals surface area contributed by atoms with Gasteiger partial charge in [0.1, 0.15) is 28.9 Å². The molecule has 23 heavy (non-hydrogen) atoms. The van der Waals surface area contributed by atoms with Crippen LogP contribution in [0.25, 0.3) is 0 Å². The summed E-state index contributed by atoms with van der Waals surface area (Å²) < 4.78 is 32.3. The van der Waals surface area contributed by atoms with Crippen LogP contribution in [0.15, 0.2) is 12.4 Å². The van der Waals surface area contributed by atoms with Gasteiger partial charge in [-0.3, -0.25) is 9.78 Å². The van der Waals surface area contributed by atoms with E-state index in [1.165, 1.54) is 24.9 Å². The van der Waals surface area contributed by atoms with Gasteiger partial charge in [0.2, 0.25) is 5.91 Å². The molecule has 0 aromatic carbocycles. The van der Waals surface area contributed by atoms with Gasteiger partial charge in [0, 0.05) is 23.9 Å². The first-order chi connectivity index (χ1) is 10.8. The molecule has 1 aromatic heterocycles. The third kappa shape index (κ3) is 2.16. The first-order valence-electron chi connectivity index (χ1n) is 7.43. The number of nitriles is 1. The molecule has 122 valence electrons. The summed E-state index contributed by atoms with van der Waals surface area (Å²) in [5, 5.41) is 9.18. The van der Waals surface area contributed by atoms with Crippen molar-refractivity contribution in [2.45, 2.75) is 39.3 Å². The molecule has 0 aliphatic carbocycles. The smallest absolute Gasteiger partial charge is 0.252 e. The van der Waals surface area contributed by atoms with Gasteiger partial charge in [0.05, 0.1) is 12.6 Å². The lowest BCUT2D eigenvalue weighted by Gasteiger charge is -2.34. The van der Waals surface area contributed by atoms with E-state index in [1.54, 1.807) is 6.20 Å². The minimum absolute atomic E-state index is 0.0457. The molecule has 0 unspecified atom stereocenters. The van der Waals surface area contributed by atoms with Crippen LogP contribution in [0, 0.1) is 22.7 Å². The minimum atomic E-state index is -2.75. The van der Waals surface area contributed by atoms with Crippen molar-refractivity contribution in [1.82, 2.24) is 9.88 Å². The van der Waals surface area contributed by atoms with Gasteiger partial charge in [-0.2, -0.15) is 5.26 Å². The second-order valence-electron chi connectivity index (χ2n) is 6.66.